The largest absolute Gasteiger partial charge is 0.335 e. The van der Waals surface area contributed by atoms with Gasteiger partial charge in [-0.05, 0) is 37.8 Å². The molecule has 22 heavy (non-hydrogen) atoms. The van der Waals surface area contributed by atoms with Crippen molar-refractivity contribution < 1.29 is 13.2 Å². The minimum atomic E-state index is -3.13. The van der Waals surface area contributed by atoms with Gasteiger partial charge in [-0.15, -0.1) is 0 Å². The van der Waals surface area contributed by atoms with Gasteiger partial charge in [0.15, 0.2) is 0 Å². The van der Waals surface area contributed by atoms with Crippen LogP contribution in [0.3, 0.4) is 0 Å². The third-order valence-electron chi connectivity index (χ3n) is 3.98. The number of sulfonamides is 1. The van der Waals surface area contributed by atoms with Gasteiger partial charge in [-0.1, -0.05) is 18.2 Å². The normalized spacial score (nSPS) is 17.2. The highest BCUT2D eigenvalue weighted by atomic mass is 32.2. The maximum absolute atomic E-state index is 12.1. The number of aryl methyl sites for hydroxylation is 2. The Bertz CT molecular complexity index is 630. The third kappa shape index (κ3) is 4.20. The van der Waals surface area contributed by atoms with E-state index in [9.17, 15) is 13.2 Å². The fourth-order valence-corrected chi connectivity index (χ4v) is 3.55. The fourth-order valence-electron chi connectivity index (χ4n) is 2.68. The smallest absolute Gasteiger partial charge is 0.319 e. The summed E-state index contributed by atoms with van der Waals surface area (Å²) in [4.78, 5) is 12.1. The van der Waals surface area contributed by atoms with Crippen molar-refractivity contribution in [1.29, 1.82) is 0 Å². The van der Waals surface area contributed by atoms with Gasteiger partial charge < -0.3 is 10.6 Å². The number of nitrogens with one attached hydrogen (secondary N) is 2. The lowest BCUT2D eigenvalue weighted by atomic mass is 10.1. The van der Waals surface area contributed by atoms with Gasteiger partial charge >= 0.3 is 6.03 Å². The summed E-state index contributed by atoms with van der Waals surface area (Å²) in [5.41, 5.74) is 2.86. The Morgan fingerprint density at radius 1 is 1.18 bits per heavy atom. The molecule has 2 amide bonds. The van der Waals surface area contributed by atoms with Gasteiger partial charge in [-0.25, -0.2) is 17.5 Å². The number of carbonyl (C=O) groups excluding carboxylic acids is 1. The molecule has 0 saturated carbocycles. The van der Waals surface area contributed by atoms with Crippen molar-refractivity contribution in [3.05, 3.63) is 29.3 Å². The lowest BCUT2D eigenvalue weighted by molar-refractivity contribution is 0.238. The van der Waals surface area contributed by atoms with E-state index in [2.05, 4.69) is 10.6 Å². The Morgan fingerprint density at radius 3 is 2.23 bits per heavy atom. The summed E-state index contributed by atoms with van der Waals surface area (Å²) in [5.74, 6) is 0. The first-order valence-electron chi connectivity index (χ1n) is 7.36. The molecule has 0 aromatic heterocycles. The van der Waals surface area contributed by atoms with Crippen LogP contribution in [-0.2, 0) is 10.0 Å². The van der Waals surface area contributed by atoms with Gasteiger partial charge in [0, 0.05) is 24.8 Å². The molecule has 1 aromatic rings. The molecule has 0 atom stereocenters. The molecular formula is C15H23N3O3S. The molecule has 6 nitrogen and oxygen atoms in total. The number of nitrogens with zero attached hydrogens (tertiary/aromatic N) is 1. The van der Waals surface area contributed by atoms with Gasteiger partial charge in [0.1, 0.15) is 0 Å². The van der Waals surface area contributed by atoms with E-state index in [4.69, 9.17) is 0 Å². The van der Waals surface area contributed by atoms with Crippen LogP contribution in [0.4, 0.5) is 10.5 Å². The number of anilines is 1. The lowest BCUT2D eigenvalue weighted by Gasteiger charge is -2.30. The minimum Gasteiger partial charge on any atom is -0.335 e. The van der Waals surface area contributed by atoms with E-state index >= 15 is 0 Å². The number of benzene rings is 1. The summed E-state index contributed by atoms with van der Waals surface area (Å²) in [7, 11) is -3.13. The van der Waals surface area contributed by atoms with Crippen LogP contribution >= 0.6 is 0 Å². The molecule has 1 aliphatic rings. The summed E-state index contributed by atoms with van der Waals surface area (Å²) in [5, 5.41) is 5.81. The van der Waals surface area contributed by atoms with Crippen LogP contribution < -0.4 is 10.6 Å². The number of carbonyl (C=O) groups is 1. The maximum Gasteiger partial charge on any atom is 0.319 e. The van der Waals surface area contributed by atoms with E-state index in [1.165, 1.54) is 10.6 Å². The SMILES string of the molecule is Cc1cccc(C)c1NC(=O)NC1CCN(S(C)(=O)=O)CC1. The van der Waals surface area contributed by atoms with E-state index in [1.54, 1.807) is 0 Å². The average Bonchev–Trinajstić information content (AvgIpc) is 2.43. The standard InChI is InChI=1S/C15H23N3O3S/c1-11-5-4-6-12(2)14(11)17-15(19)16-13-7-9-18(10-8-13)22(3,20)21/h4-6,13H,7-10H2,1-3H3,(H2,16,17,19). The van der Waals surface area contributed by atoms with Gasteiger partial charge in [-0.2, -0.15) is 0 Å². The van der Waals surface area contributed by atoms with Crippen LogP contribution in [0.2, 0.25) is 0 Å². The molecule has 122 valence electrons. The Kier molecular flexibility index (Phi) is 5.08. The second kappa shape index (κ2) is 6.66. The van der Waals surface area contributed by atoms with E-state index in [0.29, 0.717) is 25.9 Å². The molecule has 1 aliphatic heterocycles. The number of rotatable bonds is 3. The number of hydrogen-bond acceptors (Lipinski definition) is 3. The number of amides is 2. The molecule has 2 N–H and O–H groups in total. The van der Waals surface area contributed by atoms with Crippen molar-refractivity contribution in [3.63, 3.8) is 0 Å². The highest BCUT2D eigenvalue weighted by Gasteiger charge is 2.25. The Balaban J connectivity index is 1.89. The number of urea groups is 1. The van der Waals surface area contributed by atoms with E-state index in [1.807, 2.05) is 32.0 Å². The third-order valence-corrected chi connectivity index (χ3v) is 5.28. The second-order valence-corrected chi connectivity index (χ2v) is 7.78. The number of hydrogen-bond donors (Lipinski definition) is 2. The zero-order chi connectivity index (χ0) is 16.3. The predicted octanol–water partition coefficient (Wildman–Crippen LogP) is 1.85. The van der Waals surface area contributed by atoms with E-state index in [0.717, 1.165) is 16.8 Å². The van der Waals surface area contributed by atoms with Crippen LogP contribution in [0.1, 0.15) is 24.0 Å². The predicted molar refractivity (Wildman–Crippen MR) is 87.5 cm³/mol. The molecule has 0 spiro atoms. The highest BCUT2D eigenvalue weighted by molar-refractivity contribution is 7.88. The summed E-state index contributed by atoms with van der Waals surface area (Å²) in [6, 6.07) is 5.62. The molecule has 0 radical (unpaired) electrons. The molecule has 0 bridgehead atoms. The van der Waals surface area contributed by atoms with Crippen molar-refractivity contribution in [3.8, 4) is 0 Å². The zero-order valence-electron chi connectivity index (χ0n) is 13.2. The maximum atomic E-state index is 12.1. The van der Waals surface area contributed by atoms with Crippen molar-refractivity contribution in [2.45, 2.75) is 32.7 Å². The van der Waals surface area contributed by atoms with Crippen LogP contribution in [0.15, 0.2) is 18.2 Å². The van der Waals surface area contributed by atoms with Crippen LogP contribution in [-0.4, -0.2) is 44.1 Å². The first-order chi connectivity index (χ1) is 10.3. The van der Waals surface area contributed by atoms with Crippen LogP contribution in [0.25, 0.3) is 0 Å². The Morgan fingerprint density at radius 2 is 1.73 bits per heavy atom. The molecular weight excluding hydrogens is 302 g/mol. The fraction of sp³-hybridized carbons (Fsp3) is 0.533. The summed E-state index contributed by atoms with van der Waals surface area (Å²) < 4.78 is 24.4. The molecule has 1 heterocycles. The van der Waals surface area contributed by atoms with Crippen molar-refractivity contribution in [2.75, 3.05) is 24.7 Å². The molecule has 2 rings (SSSR count). The lowest BCUT2D eigenvalue weighted by Crippen LogP contribution is -2.47. The van der Waals surface area contributed by atoms with Crippen molar-refractivity contribution in [1.82, 2.24) is 9.62 Å². The Labute approximate surface area is 131 Å². The van der Waals surface area contributed by atoms with Crippen molar-refractivity contribution in [2.24, 2.45) is 0 Å². The topological polar surface area (TPSA) is 78.5 Å². The van der Waals surface area contributed by atoms with Gasteiger partial charge in [0.25, 0.3) is 0 Å². The summed E-state index contributed by atoms with van der Waals surface area (Å²) in [6.07, 6.45) is 2.48. The quantitative estimate of drug-likeness (QED) is 0.890. The average molecular weight is 325 g/mol. The van der Waals surface area contributed by atoms with E-state index in [-0.39, 0.29) is 12.1 Å². The molecule has 1 aromatic carbocycles. The second-order valence-electron chi connectivity index (χ2n) is 5.80. The number of para-hydroxylation sites is 1. The zero-order valence-corrected chi connectivity index (χ0v) is 14.0. The molecule has 1 fully saturated rings. The Hall–Kier alpha value is -1.60. The van der Waals surface area contributed by atoms with Crippen LogP contribution in [0, 0.1) is 13.8 Å². The van der Waals surface area contributed by atoms with Crippen molar-refractivity contribution >= 4 is 21.7 Å². The van der Waals surface area contributed by atoms with E-state index < -0.39 is 10.0 Å². The number of piperidine rings is 1. The minimum absolute atomic E-state index is 0.00215. The monoisotopic (exact) mass is 325 g/mol. The molecule has 0 aliphatic carbocycles. The summed E-state index contributed by atoms with van der Waals surface area (Å²) in [6.45, 7) is 4.81. The first kappa shape index (κ1) is 16.8. The first-order valence-corrected chi connectivity index (χ1v) is 9.21. The highest BCUT2D eigenvalue weighted by Crippen LogP contribution is 2.19. The summed E-state index contributed by atoms with van der Waals surface area (Å²) >= 11 is 0. The molecule has 7 heteroatoms. The van der Waals surface area contributed by atoms with Gasteiger partial charge in [0.05, 0.1) is 6.26 Å². The molecule has 1 saturated heterocycles. The van der Waals surface area contributed by atoms with Gasteiger partial charge in [0.2, 0.25) is 10.0 Å². The molecule has 0 unspecified atom stereocenters. The van der Waals surface area contributed by atoms with Gasteiger partial charge in [-0.3, -0.25) is 0 Å². The van der Waals surface area contributed by atoms with Crippen LogP contribution in [0.5, 0.6) is 0 Å².